The molecule has 1 unspecified atom stereocenters. The highest BCUT2D eigenvalue weighted by atomic mass is 35.5. The molecule has 0 radical (unpaired) electrons. The molecule has 0 aliphatic carbocycles. The number of halogens is 1. The van der Waals surface area contributed by atoms with Gasteiger partial charge < -0.3 is 10.8 Å². The van der Waals surface area contributed by atoms with E-state index in [2.05, 4.69) is 4.98 Å². The van der Waals surface area contributed by atoms with Gasteiger partial charge in [0.25, 0.3) is 0 Å². The Labute approximate surface area is 111 Å². The molecule has 18 heavy (non-hydrogen) atoms. The topological polar surface area (TPSA) is 59.1 Å². The number of nitrogens with zero attached hydrogens (tertiary/aromatic N) is 1. The lowest BCUT2D eigenvalue weighted by atomic mass is 10.0. The van der Waals surface area contributed by atoms with Crippen molar-refractivity contribution >= 4 is 17.4 Å². The maximum absolute atomic E-state index is 10.2. The summed E-state index contributed by atoms with van der Waals surface area (Å²) in [7, 11) is 0. The Hall–Kier alpha value is -1.58. The quantitative estimate of drug-likeness (QED) is 0.894. The summed E-state index contributed by atoms with van der Waals surface area (Å²) in [4.78, 5) is 4.05. The number of hydrogen-bond acceptors (Lipinski definition) is 3. The van der Waals surface area contributed by atoms with Gasteiger partial charge in [-0.3, -0.25) is 0 Å². The number of nitrogens with two attached hydrogens (primary N) is 1. The molecule has 0 fully saturated rings. The summed E-state index contributed by atoms with van der Waals surface area (Å²) in [6.45, 7) is 1.92. The Bertz CT molecular complexity index is 540. The summed E-state index contributed by atoms with van der Waals surface area (Å²) in [6, 6.07) is 9.27. The number of benzene rings is 1. The molecule has 0 bridgehead atoms. The summed E-state index contributed by atoms with van der Waals surface area (Å²) in [5.74, 6) is 0.377. The first kappa shape index (κ1) is 12.9. The van der Waals surface area contributed by atoms with Gasteiger partial charge in [0.15, 0.2) is 0 Å². The fourth-order valence-corrected chi connectivity index (χ4v) is 1.95. The van der Waals surface area contributed by atoms with E-state index in [9.17, 15) is 5.11 Å². The molecule has 2 aromatic rings. The summed E-state index contributed by atoms with van der Waals surface area (Å²) in [5, 5.41) is 10.9. The zero-order valence-corrected chi connectivity index (χ0v) is 10.9. The first-order valence-electron chi connectivity index (χ1n) is 5.71. The molecule has 0 amide bonds. The molecule has 0 aliphatic heterocycles. The van der Waals surface area contributed by atoms with Crippen molar-refractivity contribution in [3.63, 3.8) is 0 Å². The van der Waals surface area contributed by atoms with Crippen LogP contribution in [0.4, 0.5) is 5.82 Å². The Kier molecular flexibility index (Phi) is 3.84. The first-order valence-corrected chi connectivity index (χ1v) is 6.08. The summed E-state index contributed by atoms with van der Waals surface area (Å²) < 4.78 is 0. The van der Waals surface area contributed by atoms with Crippen LogP contribution in [0, 0.1) is 6.92 Å². The van der Waals surface area contributed by atoms with E-state index in [1.165, 1.54) is 0 Å². The molecule has 0 aliphatic rings. The fraction of sp³-hybridized carbons (Fsp3) is 0.214. The van der Waals surface area contributed by atoms with Crippen LogP contribution in [0.3, 0.4) is 0 Å². The SMILES string of the molecule is Cc1cnc(N)c(C(O)Cc2ccc(Cl)cc2)c1. The normalized spacial score (nSPS) is 12.4. The number of nitrogen functional groups attached to an aromatic ring is 1. The minimum absolute atomic E-state index is 0.377. The van der Waals surface area contributed by atoms with Crippen molar-refractivity contribution in [3.05, 3.63) is 58.2 Å². The van der Waals surface area contributed by atoms with Crippen LogP contribution in [0.25, 0.3) is 0 Å². The predicted octanol–water partition coefficient (Wildman–Crippen LogP) is 2.90. The van der Waals surface area contributed by atoms with Crippen LogP contribution < -0.4 is 5.73 Å². The molecule has 0 saturated heterocycles. The van der Waals surface area contributed by atoms with Gasteiger partial charge in [0, 0.05) is 23.2 Å². The lowest BCUT2D eigenvalue weighted by molar-refractivity contribution is 0.179. The van der Waals surface area contributed by atoms with Crippen molar-refractivity contribution in [1.29, 1.82) is 0 Å². The molecule has 0 saturated carbocycles. The molecule has 3 nitrogen and oxygen atoms in total. The highest BCUT2D eigenvalue weighted by Crippen LogP contribution is 2.23. The molecule has 1 atom stereocenters. The third kappa shape index (κ3) is 3.00. The number of hydrogen-bond donors (Lipinski definition) is 2. The number of aliphatic hydroxyl groups excluding tert-OH is 1. The minimum atomic E-state index is -0.654. The van der Waals surface area contributed by atoms with Crippen LogP contribution in [-0.2, 0) is 6.42 Å². The van der Waals surface area contributed by atoms with E-state index >= 15 is 0 Å². The number of aromatic nitrogens is 1. The Morgan fingerprint density at radius 1 is 1.33 bits per heavy atom. The van der Waals surface area contributed by atoms with Gasteiger partial charge in [-0.1, -0.05) is 23.7 Å². The summed E-state index contributed by atoms with van der Waals surface area (Å²) in [6.07, 6.45) is 1.53. The monoisotopic (exact) mass is 262 g/mol. The molecular weight excluding hydrogens is 248 g/mol. The van der Waals surface area contributed by atoms with Crippen molar-refractivity contribution in [1.82, 2.24) is 4.98 Å². The summed E-state index contributed by atoms with van der Waals surface area (Å²) in [5.41, 5.74) is 8.44. The number of pyridine rings is 1. The van der Waals surface area contributed by atoms with Gasteiger partial charge in [-0.15, -0.1) is 0 Å². The van der Waals surface area contributed by atoms with Crippen LogP contribution in [-0.4, -0.2) is 10.1 Å². The average molecular weight is 263 g/mol. The number of rotatable bonds is 3. The highest BCUT2D eigenvalue weighted by Gasteiger charge is 2.13. The van der Waals surface area contributed by atoms with Crippen molar-refractivity contribution in [2.45, 2.75) is 19.4 Å². The number of aliphatic hydroxyl groups is 1. The molecule has 1 aromatic heterocycles. The van der Waals surface area contributed by atoms with E-state index in [4.69, 9.17) is 17.3 Å². The van der Waals surface area contributed by atoms with E-state index in [0.29, 0.717) is 22.8 Å². The second-order valence-electron chi connectivity index (χ2n) is 4.33. The van der Waals surface area contributed by atoms with Crippen molar-refractivity contribution in [2.24, 2.45) is 0 Å². The molecule has 1 aromatic carbocycles. The van der Waals surface area contributed by atoms with Gasteiger partial charge >= 0.3 is 0 Å². The second kappa shape index (κ2) is 5.38. The standard InChI is InChI=1S/C14H15ClN2O/c1-9-6-12(14(16)17-8-9)13(18)7-10-2-4-11(15)5-3-10/h2-6,8,13,18H,7H2,1H3,(H2,16,17). The first-order chi connectivity index (χ1) is 8.56. The van der Waals surface area contributed by atoms with Crippen molar-refractivity contribution in [3.8, 4) is 0 Å². The van der Waals surface area contributed by atoms with Crippen LogP contribution in [0.2, 0.25) is 5.02 Å². The second-order valence-corrected chi connectivity index (χ2v) is 4.77. The van der Waals surface area contributed by atoms with E-state index in [-0.39, 0.29) is 0 Å². The molecule has 0 spiro atoms. The number of anilines is 1. The molecule has 4 heteroatoms. The average Bonchev–Trinajstić information content (AvgIpc) is 2.35. The lowest BCUT2D eigenvalue weighted by Crippen LogP contribution is -2.07. The minimum Gasteiger partial charge on any atom is -0.388 e. The van der Waals surface area contributed by atoms with E-state index < -0.39 is 6.10 Å². The highest BCUT2D eigenvalue weighted by molar-refractivity contribution is 6.30. The molecular formula is C14H15ClN2O. The van der Waals surface area contributed by atoms with E-state index in [1.54, 1.807) is 6.20 Å². The Morgan fingerprint density at radius 2 is 2.00 bits per heavy atom. The maximum atomic E-state index is 10.2. The Balaban J connectivity index is 2.18. The van der Waals surface area contributed by atoms with Gasteiger partial charge in [0.05, 0.1) is 6.10 Å². The predicted molar refractivity (Wildman–Crippen MR) is 73.5 cm³/mol. The van der Waals surface area contributed by atoms with E-state index in [1.807, 2.05) is 37.3 Å². The third-order valence-corrected chi connectivity index (χ3v) is 3.04. The van der Waals surface area contributed by atoms with Gasteiger partial charge in [-0.05, 0) is 36.2 Å². The lowest BCUT2D eigenvalue weighted by Gasteiger charge is -2.13. The van der Waals surface area contributed by atoms with Gasteiger partial charge in [0.2, 0.25) is 0 Å². The van der Waals surface area contributed by atoms with Gasteiger partial charge in [-0.25, -0.2) is 4.98 Å². The van der Waals surface area contributed by atoms with Crippen LogP contribution >= 0.6 is 11.6 Å². The molecule has 94 valence electrons. The van der Waals surface area contributed by atoms with Crippen molar-refractivity contribution < 1.29 is 5.11 Å². The smallest absolute Gasteiger partial charge is 0.129 e. The fourth-order valence-electron chi connectivity index (χ4n) is 1.82. The number of aryl methyl sites for hydroxylation is 1. The summed E-state index contributed by atoms with van der Waals surface area (Å²) >= 11 is 5.82. The maximum Gasteiger partial charge on any atom is 0.129 e. The Morgan fingerprint density at radius 3 is 2.67 bits per heavy atom. The zero-order valence-electron chi connectivity index (χ0n) is 10.1. The van der Waals surface area contributed by atoms with Crippen LogP contribution in [0.5, 0.6) is 0 Å². The van der Waals surface area contributed by atoms with Gasteiger partial charge in [-0.2, -0.15) is 0 Å². The molecule has 2 rings (SSSR count). The molecule has 3 N–H and O–H groups in total. The molecule has 1 heterocycles. The largest absolute Gasteiger partial charge is 0.388 e. The van der Waals surface area contributed by atoms with Crippen molar-refractivity contribution in [2.75, 3.05) is 5.73 Å². The zero-order chi connectivity index (χ0) is 13.1. The third-order valence-electron chi connectivity index (χ3n) is 2.79. The van der Waals surface area contributed by atoms with Crippen LogP contribution in [0.15, 0.2) is 36.5 Å². The van der Waals surface area contributed by atoms with Crippen LogP contribution in [0.1, 0.15) is 22.8 Å². The van der Waals surface area contributed by atoms with Gasteiger partial charge in [0.1, 0.15) is 5.82 Å². The van der Waals surface area contributed by atoms with E-state index in [0.717, 1.165) is 11.1 Å².